The van der Waals surface area contributed by atoms with E-state index in [9.17, 15) is 18.7 Å². The number of rotatable bonds is 4. The Bertz CT molecular complexity index is 1460. The molecule has 4 aromatic rings. The van der Waals surface area contributed by atoms with Crippen LogP contribution in [0.4, 0.5) is 8.78 Å². The van der Waals surface area contributed by atoms with E-state index in [1.54, 1.807) is 19.1 Å². The first kappa shape index (κ1) is 23.6. The molecule has 0 bridgehead atoms. The lowest BCUT2D eigenvalue weighted by atomic mass is 9.97. The highest BCUT2D eigenvalue weighted by Crippen LogP contribution is 2.30. The van der Waals surface area contributed by atoms with Gasteiger partial charge in [-0.15, -0.1) is 0 Å². The first-order valence-corrected chi connectivity index (χ1v) is 10.8. The monoisotopic (exact) mass is 469 g/mol. The van der Waals surface area contributed by atoms with Crippen LogP contribution in [0.15, 0.2) is 72.8 Å². The molecule has 0 aliphatic heterocycles. The van der Waals surface area contributed by atoms with Crippen molar-refractivity contribution in [2.75, 3.05) is 0 Å². The SMILES string of the molecule is Cc1cccc(C#Cc2cc(C)nc(C(=O)NC(c3ccc(F)cc3)c3cc(F)ccc3O)c2)n1. The fraction of sp³-hybridized carbons (Fsp3) is 0.107. The minimum absolute atomic E-state index is 0.0921. The van der Waals surface area contributed by atoms with E-state index in [4.69, 9.17) is 0 Å². The molecule has 5 nitrogen and oxygen atoms in total. The molecule has 0 radical (unpaired) electrons. The van der Waals surface area contributed by atoms with Crippen LogP contribution < -0.4 is 5.32 Å². The van der Waals surface area contributed by atoms with Crippen molar-refractivity contribution in [3.8, 4) is 17.6 Å². The van der Waals surface area contributed by atoms with Crippen LogP contribution >= 0.6 is 0 Å². The summed E-state index contributed by atoms with van der Waals surface area (Å²) in [5.41, 5.74) is 3.26. The van der Waals surface area contributed by atoms with Gasteiger partial charge in [0.25, 0.3) is 5.91 Å². The molecule has 0 aliphatic rings. The maximum atomic E-state index is 14.0. The zero-order valence-electron chi connectivity index (χ0n) is 19.0. The zero-order valence-corrected chi connectivity index (χ0v) is 19.0. The third kappa shape index (κ3) is 5.87. The van der Waals surface area contributed by atoms with E-state index in [0.29, 0.717) is 22.5 Å². The molecular formula is C28H21F2N3O2. The molecule has 2 aromatic carbocycles. The minimum Gasteiger partial charge on any atom is -0.508 e. The third-order valence-electron chi connectivity index (χ3n) is 5.19. The van der Waals surface area contributed by atoms with Crippen LogP contribution in [0.3, 0.4) is 0 Å². The molecule has 0 fully saturated rings. The van der Waals surface area contributed by atoms with Crippen molar-refractivity contribution in [2.45, 2.75) is 19.9 Å². The van der Waals surface area contributed by atoms with Gasteiger partial charge in [-0.25, -0.2) is 18.7 Å². The van der Waals surface area contributed by atoms with Crippen LogP contribution in [0, 0.1) is 37.3 Å². The van der Waals surface area contributed by atoms with Gasteiger partial charge in [0.1, 0.15) is 28.8 Å². The van der Waals surface area contributed by atoms with Crippen LogP contribution in [0.25, 0.3) is 0 Å². The quantitative estimate of drug-likeness (QED) is 0.413. The maximum Gasteiger partial charge on any atom is 0.270 e. The van der Waals surface area contributed by atoms with Gasteiger partial charge in [-0.05, 0) is 79.9 Å². The number of amides is 1. The number of aryl methyl sites for hydroxylation is 2. The van der Waals surface area contributed by atoms with Crippen molar-refractivity contribution in [3.05, 3.63) is 124 Å². The summed E-state index contributed by atoms with van der Waals surface area (Å²) in [6.45, 7) is 3.61. The van der Waals surface area contributed by atoms with Crippen molar-refractivity contribution in [1.82, 2.24) is 15.3 Å². The molecule has 2 N–H and O–H groups in total. The Morgan fingerprint density at radius 3 is 2.37 bits per heavy atom. The molecule has 0 spiro atoms. The number of nitrogens with one attached hydrogen (secondary N) is 1. The second kappa shape index (κ2) is 10.1. The Morgan fingerprint density at radius 1 is 0.886 bits per heavy atom. The summed E-state index contributed by atoms with van der Waals surface area (Å²) < 4.78 is 27.5. The van der Waals surface area contributed by atoms with Crippen molar-refractivity contribution in [1.29, 1.82) is 0 Å². The predicted molar refractivity (Wildman–Crippen MR) is 128 cm³/mol. The number of nitrogens with zero attached hydrogens (tertiary/aromatic N) is 2. The standard InChI is InChI=1S/C28H21F2N3O2/c1-17-4-3-5-23(31-17)12-6-19-14-18(2)32-25(15-19)28(35)33-27(20-7-9-21(29)10-8-20)24-16-22(30)11-13-26(24)34/h3-5,7-11,13-16,27,34H,1-2H3,(H,33,35). The largest absolute Gasteiger partial charge is 0.508 e. The molecule has 1 amide bonds. The first-order valence-electron chi connectivity index (χ1n) is 10.8. The van der Waals surface area contributed by atoms with E-state index in [0.717, 1.165) is 17.8 Å². The van der Waals surface area contributed by atoms with E-state index >= 15 is 0 Å². The van der Waals surface area contributed by atoms with Crippen molar-refractivity contribution in [3.63, 3.8) is 0 Å². The van der Waals surface area contributed by atoms with E-state index in [2.05, 4.69) is 27.1 Å². The summed E-state index contributed by atoms with van der Waals surface area (Å²) in [6, 6.07) is 16.7. The Morgan fingerprint density at radius 2 is 1.63 bits per heavy atom. The molecule has 0 aliphatic carbocycles. The molecule has 1 unspecified atom stereocenters. The van der Waals surface area contributed by atoms with Crippen LogP contribution in [-0.4, -0.2) is 21.0 Å². The number of hydrogen-bond donors (Lipinski definition) is 2. The second-order valence-corrected chi connectivity index (χ2v) is 7.96. The molecule has 174 valence electrons. The average Bonchev–Trinajstić information content (AvgIpc) is 2.83. The number of halogens is 2. The van der Waals surface area contributed by atoms with Gasteiger partial charge in [0.2, 0.25) is 0 Å². The van der Waals surface area contributed by atoms with Gasteiger partial charge in [0.15, 0.2) is 0 Å². The summed E-state index contributed by atoms with van der Waals surface area (Å²) in [5.74, 6) is 4.15. The molecule has 2 aromatic heterocycles. The van der Waals surface area contributed by atoms with Gasteiger partial charge >= 0.3 is 0 Å². The second-order valence-electron chi connectivity index (χ2n) is 7.96. The first-order chi connectivity index (χ1) is 16.8. The molecule has 0 saturated heterocycles. The highest BCUT2D eigenvalue weighted by molar-refractivity contribution is 5.93. The molecule has 7 heteroatoms. The summed E-state index contributed by atoms with van der Waals surface area (Å²) in [6.07, 6.45) is 0. The molecule has 1 atom stereocenters. The third-order valence-corrected chi connectivity index (χ3v) is 5.19. The number of carbonyl (C=O) groups is 1. The summed E-state index contributed by atoms with van der Waals surface area (Å²) in [4.78, 5) is 21.9. The number of phenolic OH excluding ortho intramolecular Hbond substituents is 1. The van der Waals surface area contributed by atoms with Gasteiger partial charge in [-0.2, -0.15) is 0 Å². The van der Waals surface area contributed by atoms with Crippen LogP contribution in [0.2, 0.25) is 0 Å². The van der Waals surface area contributed by atoms with Crippen molar-refractivity contribution in [2.24, 2.45) is 0 Å². The lowest BCUT2D eigenvalue weighted by molar-refractivity contribution is 0.0937. The smallest absolute Gasteiger partial charge is 0.270 e. The number of aromatic hydroxyl groups is 1. The fourth-order valence-corrected chi connectivity index (χ4v) is 3.56. The Balaban J connectivity index is 1.68. The van der Waals surface area contributed by atoms with E-state index in [1.165, 1.54) is 36.4 Å². The molecule has 0 saturated carbocycles. The highest BCUT2D eigenvalue weighted by Gasteiger charge is 2.22. The lowest BCUT2D eigenvalue weighted by Crippen LogP contribution is -2.30. The Labute approximate surface area is 201 Å². The van der Waals surface area contributed by atoms with Crippen LogP contribution in [0.1, 0.15) is 50.3 Å². The number of benzene rings is 2. The maximum absolute atomic E-state index is 14.0. The van der Waals surface area contributed by atoms with Crippen LogP contribution in [0.5, 0.6) is 5.75 Å². The molecule has 2 heterocycles. The summed E-state index contributed by atoms with van der Waals surface area (Å²) in [7, 11) is 0. The molecule has 35 heavy (non-hydrogen) atoms. The number of pyridine rings is 2. The summed E-state index contributed by atoms with van der Waals surface area (Å²) >= 11 is 0. The van der Waals surface area contributed by atoms with E-state index in [-0.39, 0.29) is 17.0 Å². The number of hydrogen-bond acceptors (Lipinski definition) is 4. The fourth-order valence-electron chi connectivity index (χ4n) is 3.56. The Hall–Kier alpha value is -4.57. The highest BCUT2D eigenvalue weighted by atomic mass is 19.1. The van der Waals surface area contributed by atoms with Gasteiger partial charge in [0, 0.05) is 22.5 Å². The summed E-state index contributed by atoms with van der Waals surface area (Å²) in [5, 5.41) is 13.1. The normalized spacial score (nSPS) is 11.3. The van der Waals surface area contributed by atoms with E-state index in [1.807, 2.05) is 19.1 Å². The van der Waals surface area contributed by atoms with E-state index < -0.39 is 23.6 Å². The minimum atomic E-state index is -0.952. The predicted octanol–water partition coefficient (Wildman–Crippen LogP) is 5.00. The average molecular weight is 469 g/mol. The van der Waals surface area contributed by atoms with Gasteiger partial charge in [0.05, 0.1) is 6.04 Å². The van der Waals surface area contributed by atoms with Gasteiger partial charge in [-0.3, -0.25) is 4.79 Å². The molecular weight excluding hydrogens is 448 g/mol. The number of phenols is 1. The molecule has 4 rings (SSSR count). The number of aromatic nitrogens is 2. The zero-order chi connectivity index (χ0) is 24.9. The number of carbonyl (C=O) groups excluding carboxylic acids is 1. The lowest BCUT2D eigenvalue weighted by Gasteiger charge is -2.21. The van der Waals surface area contributed by atoms with Gasteiger partial charge < -0.3 is 10.4 Å². The topological polar surface area (TPSA) is 75.1 Å². The Kier molecular flexibility index (Phi) is 6.83. The van der Waals surface area contributed by atoms with Crippen molar-refractivity contribution >= 4 is 5.91 Å². The van der Waals surface area contributed by atoms with Gasteiger partial charge in [-0.1, -0.05) is 24.1 Å². The van der Waals surface area contributed by atoms with Crippen molar-refractivity contribution < 1.29 is 18.7 Å². The van der Waals surface area contributed by atoms with Crippen LogP contribution in [-0.2, 0) is 0 Å².